The lowest BCUT2D eigenvalue weighted by molar-refractivity contribution is 0.270. The highest BCUT2D eigenvalue weighted by atomic mass is 32.2. The number of nitrogens with zero attached hydrogens (tertiary/aromatic N) is 2. The van der Waals surface area contributed by atoms with Crippen molar-refractivity contribution in [3.8, 4) is 5.75 Å². The fourth-order valence-corrected chi connectivity index (χ4v) is 5.61. The SMILES string of the molecule is COc1ccccc1S(=O)(=O)N1CCCSCC1CN(C)C. The van der Waals surface area contributed by atoms with Crippen LogP contribution in [-0.2, 0) is 10.0 Å². The Morgan fingerprint density at radius 3 is 2.77 bits per heavy atom. The van der Waals surface area contributed by atoms with E-state index in [9.17, 15) is 8.42 Å². The van der Waals surface area contributed by atoms with Gasteiger partial charge in [0.2, 0.25) is 10.0 Å². The van der Waals surface area contributed by atoms with E-state index in [0.29, 0.717) is 12.3 Å². The second-order valence-corrected chi connectivity index (χ2v) is 8.62. The minimum absolute atomic E-state index is 0.0163. The zero-order valence-corrected chi connectivity index (χ0v) is 15.0. The van der Waals surface area contributed by atoms with Crippen LogP contribution in [0.2, 0.25) is 0 Å². The molecule has 0 spiro atoms. The van der Waals surface area contributed by atoms with Crippen LogP contribution in [0, 0.1) is 0 Å². The maximum absolute atomic E-state index is 13.1. The molecule has 0 aromatic heterocycles. The number of hydrogen-bond donors (Lipinski definition) is 0. The lowest BCUT2D eigenvalue weighted by Gasteiger charge is -2.31. The maximum Gasteiger partial charge on any atom is 0.247 e. The quantitative estimate of drug-likeness (QED) is 0.814. The molecular weight excluding hydrogens is 320 g/mol. The summed E-state index contributed by atoms with van der Waals surface area (Å²) in [5, 5.41) is 0. The molecule has 1 aliphatic heterocycles. The van der Waals surface area contributed by atoms with E-state index in [1.807, 2.05) is 30.8 Å². The molecule has 2 rings (SSSR count). The molecule has 22 heavy (non-hydrogen) atoms. The Kier molecular flexibility index (Phi) is 6.14. The van der Waals surface area contributed by atoms with Crippen molar-refractivity contribution in [2.24, 2.45) is 0 Å². The maximum atomic E-state index is 13.1. The minimum Gasteiger partial charge on any atom is -0.495 e. The molecule has 124 valence electrons. The largest absolute Gasteiger partial charge is 0.495 e. The molecule has 7 heteroatoms. The highest BCUT2D eigenvalue weighted by molar-refractivity contribution is 7.99. The molecule has 1 aliphatic rings. The summed E-state index contributed by atoms with van der Waals surface area (Å²) in [4.78, 5) is 2.30. The van der Waals surface area contributed by atoms with Crippen molar-refractivity contribution < 1.29 is 13.2 Å². The predicted octanol–water partition coefficient (Wildman–Crippen LogP) is 1.75. The molecule has 1 atom stereocenters. The second-order valence-electron chi connectivity index (χ2n) is 5.61. The molecule has 1 fully saturated rings. The van der Waals surface area contributed by atoms with Crippen molar-refractivity contribution in [2.75, 3.05) is 45.8 Å². The molecule has 0 aliphatic carbocycles. The Morgan fingerprint density at radius 1 is 1.36 bits per heavy atom. The molecule has 0 radical (unpaired) electrons. The van der Waals surface area contributed by atoms with E-state index in [0.717, 1.165) is 24.5 Å². The molecule has 0 bridgehead atoms. The Labute approximate surface area is 137 Å². The number of sulfonamides is 1. The van der Waals surface area contributed by atoms with Gasteiger partial charge >= 0.3 is 0 Å². The van der Waals surface area contributed by atoms with Gasteiger partial charge in [0.15, 0.2) is 0 Å². The lowest BCUT2D eigenvalue weighted by atomic mass is 10.3. The first-order chi connectivity index (χ1) is 10.5. The van der Waals surface area contributed by atoms with Crippen LogP contribution in [0.15, 0.2) is 29.2 Å². The van der Waals surface area contributed by atoms with Crippen LogP contribution < -0.4 is 4.74 Å². The first-order valence-electron chi connectivity index (χ1n) is 7.34. The van der Waals surface area contributed by atoms with Crippen LogP contribution in [0.3, 0.4) is 0 Å². The Balaban J connectivity index is 2.39. The van der Waals surface area contributed by atoms with Gasteiger partial charge < -0.3 is 9.64 Å². The van der Waals surface area contributed by atoms with E-state index in [1.165, 1.54) is 7.11 Å². The van der Waals surface area contributed by atoms with Crippen molar-refractivity contribution in [1.82, 2.24) is 9.21 Å². The Hall–Kier alpha value is -0.760. The van der Waals surface area contributed by atoms with Gasteiger partial charge in [-0.1, -0.05) is 12.1 Å². The van der Waals surface area contributed by atoms with Gasteiger partial charge in [-0.3, -0.25) is 0 Å². The lowest BCUT2D eigenvalue weighted by Crippen LogP contribution is -2.46. The van der Waals surface area contributed by atoms with Gasteiger partial charge in [-0.05, 0) is 38.4 Å². The van der Waals surface area contributed by atoms with E-state index in [4.69, 9.17) is 4.74 Å². The van der Waals surface area contributed by atoms with E-state index < -0.39 is 10.0 Å². The van der Waals surface area contributed by atoms with Gasteiger partial charge in [0, 0.05) is 24.9 Å². The first kappa shape index (κ1) is 17.6. The number of methoxy groups -OCH3 is 1. The number of para-hydroxylation sites is 1. The number of hydrogen-bond acceptors (Lipinski definition) is 5. The van der Waals surface area contributed by atoms with Crippen LogP contribution in [0.4, 0.5) is 0 Å². The number of likely N-dealkylation sites (N-methyl/N-ethyl adjacent to an activating group) is 1. The van der Waals surface area contributed by atoms with E-state index in [1.54, 1.807) is 28.6 Å². The second kappa shape index (κ2) is 7.68. The van der Waals surface area contributed by atoms with Crippen LogP contribution in [-0.4, -0.2) is 69.5 Å². The van der Waals surface area contributed by atoms with Crippen LogP contribution in [0.25, 0.3) is 0 Å². The molecule has 5 nitrogen and oxygen atoms in total. The average Bonchev–Trinajstić information content (AvgIpc) is 2.72. The third kappa shape index (κ3) is 3.95. The van der Waals surface area contributed by atoms with E-state index in [2.05, 4.69) is 0 Å². The molecule has 1 aromatic rings. The molecule has 1 saturated heterocycles. The number of ether oxygens (including phenoxy) is 1. The average molecular weight is 345 g/mol. The Bertz CT molecular complexity index is 590. The highest BCUT2D eigenvalue weighted by Crippen LogP contribution is 2.30. The monoisotopic (exact) mass is 344 g/mol. The summed E-state index contributed by atoms with van der Waals surface area (Å²) in [6.07, 6.45) is 0.878. The van der Waals surface area contributed by atoms with Gasteiger partial charge in [-0.2, -0.15) is 16.1 Å². The zero-order valence-electron chi connectivity index (χ0n) is 13.4. The predicted molar refractivity (Wildman–Crippen MR) is 91.2 cm³/mol. The van der Waals surface area contributed by atoms with Gasteiger partial charge in [-0.25, -0.2) is 8.42 Å². The third-order valence-corrected chi connectivity index (χ3v) is 6.81. The minimum atomic E-state index is -3.55. The third-order valence-electron chi connectivity index (χ3n) is 3.62. The Morgan fingerprint density at radius 2 is 2.09 bits per heavy atom. The normalized spacial score (nSPS) is 20.8. The number of benzene rings is 1. The zero-order chi connectivity index (χ0) is 16.2. The first-order valence-corrected chi connectivity index (χ1v) is 9.93. The number of rotatable bonds is 5. The molecule has 0 amide bonds. The highest BCUT2D eigenvalue weighted by Gasteiger charge is 2.34. The fraction of sp³-hybridized carbons (Fsp3) is 0.600. The molecular formula is C15H24N2O3S2. The van der Waals surface area contributed by atoms with Gasteiger partial charge in [0.1, 0.15) is 10.6 Å². The standard InChI is InChI=1S/C15H24N2O3S2/c1-16(2)11-13-12-21-10-6-9-17(13)22(18,19)15-8-5-4-7-14(15)20-3/h4-5,7-8,13H,6,9-12H2,1-3H3. The van der Waals surface area contributed by atoms with Crippen molar-refractivity contribution in [2.45, 2.75) is 17.4 Å². The molecule has 1 unspecified atom stereocenters. The topological polar surface area (TPSA) is 49.9 Å². The van der Waals surface area contributed by atoms with Crippen molar-refractivity contribution in [1.29, 1.82) is 0 Å². The summed E-state index contributed by atoms with van der Waals surface area (Å²) in [5.41, 5.74) is 0. The van der Waals surface area contributed by atoms with Crippen molar-refractivity contribution in [3.63, 3.8) is 0 Å². The number of thioether (sulfide) groups is 1. The molecule has 1 aromatic carbocycles. The van der Waals surface area contributed by atoms with E-state index in [-0.39, 0.29) is 10.9 Å². The van der Waals surface area contributed by atoms with Gasteiger partial charge in [0.05, 0.1) is 7.11 Å². The van der Waals surface area contributed by atoms with Crippen LogP contribution in [0.5, 0.6) is 5.75 Å². The molecule has 0 N–H and O–H groups in total. The molecule has 0 saturated carbocycles. The summed E-state index contributed by atoms with van der Waals surface area (Å²) in [7, 11) is 1.90. The van der Waals surface area contributed by atoms with E-state index >= 15 is 0 Å². The smallest absolute Gasteiger partial charge is 0.247 e. The fourth-order valence-electron chi connectivity index (χ4n) is 2.65. The summed E-state index contributed by atoms with van der Waals surface area (Å²) < 4.78 is 33.2. The van der Waals surface area contributed by atoms with Crippen molar-refractivity contribution in [3.05, 3.63) is 24.3 Å². The summed E-state index contributed by atoms with van der Waals surface area (Å²) in [6.45, 7) is 1.28. The van der Waals surface area contributed by atoms with Gasteiger partial charge in [-0.15, -0.1) is 0 Å². The van der Waals surface area contributed by atoms with Gasteiger partial charge in [0.25, 0.3) is 0 Å². The summed E-state index contributed by atoms with van der Waals surface area (Å²) >= 11 is 1.83. The van der Waals surface area contributed by atoms with Crippen molar-refractivity contribution >= 4 is 21.8 Å². The van der Waals surface area contributed by atoms with Crippen LogP contribution in [0.1, 0.15) is 6.42 Å². The summed E-state index contributed by atoms with van der Waals surface area (Å²) in [5.74, 6) is 2.23. The summed E-state index contributed by atoms with van der Waals surface area (Å²) in [6, 6.07) is 6.83. The molecule has 1 heterocycles. The van der Waals surface area contributed by atoms with Crippen LogP contribution >= 0.6 is 11.8 Å².